The largest absolute Gasteiger partial charge is 0.369 e. The van der Waals surface area contributed by atoms with Crippen molar-refractivity contribution in [3.63, 3.8) is 0 Å². The molecule has 0 aliphatic carbocycles. The molecule has 0 saturated carbocycles. The van der Waals surface area contributed by atoms with E-state index < -0.39 is 0 Å². The van der Waals surface area contributed by atoms with Crippen LogP contribution in [0.4, 0.5) is 4.79 Å². The van der Waals surface area contributed by atoms with Crippen LogP contribution >= 0.6 is 0 Å². The van der Waals surface area contributed by atoms with Crippen LogP contribution in [0.15, 0.2) is 48.8 Å². The molecule has 112 valence electrons. The van der Waals surface area contributed by atoms with Crippen molar-refractivity contribution in [2.75, 3.05) is 0 Å². The van der Waals surface area contributed by atoms with Gasteiger partial charge in [0.25, 0.3) is 0 Å². The van der Waals surface area contributed by atoms with E-state index in [9.17, 15) is 4.79 Å². The zero-order valence-electron chi connectivity index (χ0n) is 12.7. The standard InChI is InChI=1S/C17H18N4O/c1-3-16-15(12-14-8-5-4-6-9-14)13(2)19-21(16)17(22)20-11-7-10-18-20/h4-11H,3,12H2,1-2H3. The van der Waals surface area contributed by atoms with Gasteiger partial charge in [0.1, 0.15) is 0 Å². The summed E-state index contributed by atoms with van der Waals surface area (Å²) in [6.07, 6.45) is 4.75. The molecular formula is C17H18N4O. The van der Waals surface area contributed by atoms with Gasteiger partial charge < -0.3 is 0 Å². The van der Waals surface area contributed by atoms with Crippen LogP contribution in [0.1, 0.15) is 29.4 Å². The molecular weight excluding hydrogens is 276 g/mol. The maximum atomic E-state index is 12.5. The van der Waals surface area contributed by atoms with Crippen molar-refractivity contribution >= 4 is 6.03 Å². The summed E-state index contributed by atoms with van der Waals surface area (Å²) in [5, 5.41) is 8.44. The quantitative estimate of drug-likeness (QED) is 0.746. The van der Waals surface area contributed by atoms with Gasteiger partial charge in [0.2, 0.25) is 0 Å². The predicted molar refractivity (Wildman–Crippen MR) is 84.0 cm³/mol. The van der Waals surface area contributed by atoms with E-state index >= 15 is 0 Å². The highest BCUT2D eigenvalue weighted by atomic mass is 16.2. The Hall–Kier alpha value is -2.69. The molecule has 0 N–H and O–H groups in total. The first-order valence-electron chi connectivity index (χ1n) is 7.36. The lowest BCUT2D eigenvalue weighted by Crippen LogP contribution is -2.23. The van der Waals surface area contributed by atoms with E-state index in [-0.39, 0.29) is 6.03 Å². The molecule has 0 spiro atoms. The summed E-state index contributed by atoms with van der Waals surface area (Å²) < 4.78 is 2.78. The predicted octanol–water partition coefficient (Wildman–Crippen LogP) is 3.06. The molecule has 3 rings (SSSR count). The van der Waals surface area contributed by atoms with Crippen molar-refractivity contribution in [3.8, 4) is 0 Å². The molecule has 5 nitrogen and oxygen atoms in total. The zero-order chi connectivity index (χ0) is 15.5. The highest BCUT2D eigenvalue weighted by Gasteiger charge is 2.19. The Morgan fingerprint density at radius 2 is 1.95 bits per heavy atom. The third-order valence-electron chi connectivity index (χ3n) is 3.73. The molecule has 0 aliphatic heterocycles. The van der Waals surface area contributed by atoms with Gasteiger partial charge in [0, 0.05) is 24.4 Å². The second-order valence-corrected chi connectivity index (χ2v) is 5.17. The van der Waals surface area contributed by atoms with Crippen LogP contribution in [-0.4, -0.2) is 25.6 Å². The second-order valence-electron chi connectivity index (χ2n) is 5.17. The van der Waals surface area contributed by atoms with Crippen LogP contribution < -0.4 is 0 Å². The van der Waals surface area contributed by atoms with Gasteiger partial charge in [-0.3, -0.25) is 0 Å². The lowest BCUT2D eigenvalue weighted by molar-refractivity contribution is 0.237. The number of hydrogen-bond acceptors (Lipinski definition) is 3. The Balaban J connectivity index is 2.00. The molecule has 1 aromatic carbocycles. The highest BCUT2D eigenvalue weighted by molar-refractivity contribution is 5.78. The smallest absolute Gasteiger partial charge is 0.244 e. The fourth-order valence-corrected chi connectivity index (χ4v) is 2.64. The van der Waals surface area contributed by atoms with Crippen LogP contribution in [0.3, 0.4) is 0 Å². The number of hydrogen-bond donors (Lipinski definition) is 0. The van der Waals surface area contributed by atoms with Gasteiger partial charge in [-0.25, -0.2) is 4.79 Å². The average molecular weight is 294 g/mol. The zero-order valence-corrected chi connectivity index (χ0v) is 12.7. The average Bonchev–Trinajstić information content (AvgIpc) is 3.17. The molecule has 0 saturated heterocycles. The van der Waals surface area contributed by atoms with Crippen LogP contribution in [0.2, 0.25) is 0 Å². The number of aromatic nitrogens is 4. The summed E-state index contributed by atoms with van der Waals surface area (Å²) in [6.45, 7) is 3.99. The molecule has 0 fully saturated rings. The molecule has 5 heteroatoms. The number of carbonyl (C=O) groups is 1. The minimum absolute atomic E-state index is 0.246. The maximum absolute atomic E-state index is 12.5. The topological polar surface area (TPSA) is 52.7 Å². The molecule has 3 aromatic rings. The number of rotatable bonds is 3. The second kappa shape index (κ2) is 5.97. The first-order chi connectivity index (χ1) is 10.7. The first kappa shape index (κ1) is 14.3. The molecule has 0 bridgehead atoms. The van der Waals surface area contributed by atoms with E-state index in [2.05, 4.69) is 22.3 Å². The number of nitrogens with zero attached hydrogens (tertiary/aromatic N) is 4. The normalized spacial score (nSPS) is 10.8. The Kier molecular flexibility index (Phi) is 3.87. The first-order valence-corrected chi connectivity index (χ1v) is 7.36. The van der Waals surface area contributed by atoms with E-state index in [1.165, 1.54) is 14.9 Å². The molecule has 0 radical (unpaired) electrons. The van der Waals surface area contributed by atoms with Crippen molar-refractivity contribution in [2.45, 2.75) is 26.7 Å². The number of benzene rings is 1. The van der Waals surface area contributed by atoms with Gasteiger partial charge in [0.05, 0.1) is 11.4 Å². The number of carbonyl (C=O) groups excluding carboxylic acids is 1. The Morgan fingerprint density at radius 1 is 1.18 bits per heavy atom. The van der Waals surface area contributed by atoms with Crippen molar-refractivity contribution in [1.29, 1.82) is 0 Å². The lowest BCUT2D eigenvalue weighted by atomic mass is 10.0. The minimum atomic E-state index is -0.246. The third kappa shape index (κ3) is 2.57. The van der Waals surface area contributed by atoms with Crippen LogP contribution in [0.25, 0.3) is 0 Å². The Morgan fingerprint density at radius 3 is 2.59 bits per heavy atom. The van der Waals surface area contributed by atoms with Crippen molar-refractivity contribution in [3.05, 3.63) is 71.3 Å². The summed E-state index contributed by atoms with van der Waals surface area (Å²) in [7, 11) is 0. The summed E-state index contributed by atoms with van der Waals surface area (Å²) in [5.41, 5.74) is 4.17. The fourth-order valence-electron chi connectivity index (χ4n) is 2.64. The minimum Gasteiger partial charge on any atom is -0.244 e. The molecule has 0 unspecified atom stereocenters. The Labute approximate surface area is 129 Å². The van der Waals surface area contributed by atoms with Gasteiger partial charge in [-0.1, -0.05) is 37.3 Å². The van der Waals surface area contributed by atoms with E-state index in [1.54, 1.807) is 18.5 Å². The molecule has 2 aromatic heterocycles. The van der Waals surface area contributed by atoms with Gasteiger partial charge >= 0.3 is 6.03 Å². The fraction of sp³-hybridized carbons (Fsp3) is 0.235. The van der Waals surface area contributed by atoms with Crippen molar-refractivity contribution in [1.82, 2.24) is 19.6 Å². The van der Waals surface area contributed by atoms with Gasteiger partial charge in [-0.15, -0.1) is 0 Å². The third-order valence-corrected chi connectivity index (χ3v) is 3.73. The number of aryl methyl sites for hydroxylation is 1. The molecule has 22 heavy (non-hydrogen) atoms. The lowest BCUT2D eigenvalue weighted by Gasteiger charge is -2.07. The summed E-state index contributed by atoms with van der Waals surface area (Å²) >= 11 is 0. The van der Waals surface area contributed by atoms with E-state index in [0.29, 0.717) is 0 Å². The monoisotopic (exact) mass is 294 g/mol. The van der Waals surface area contributed by atoms with Gasteiger partial charge in [-0.2, -0.15) is 19.6 Å². The van der Waals surface area contributed by atoms with Gasteiger partial charge in [0.15, 0.2) is 0 Å². The molecule has 2 heterocycles. The molecule has 0 atom stereocenters. The SMILES string of the molecule is CCc1c(Cc2ccccc2)c(C)nn1C(=O)n1cccn1. The Bertz CT molecular complexity index is 773. The van der Waals surface area contributed by atoms with Gasteiger partial charge in [-0.05, 0) is 25.0 Å². The van der Waals surface area contributed by atoms with Crippen molar-refractivity contribution in [2.24, 2.45) is 0 Å². The molecule has 0 amide bonds. The highest BCUT2D eigenvalue weighted by Crippen LogP contribution is 2.19. The maximum Gasteiger partial charge on any atom is 0.369 e. The van der Waals surface area contributed by atoms with Crippen molar-refractivity contribution < 1.29 is 4.79 Å². The van der Waals surface area contributed by atoms with Crippen LogP contribution in [0, 0.1) is 6.92 Å². The van der Waals surface area contributed by atoms with E-state index in [0.717, 1.165) is 29.8 Å². The van der Waals surface area contributed by atoms with E-state index in [4.69, 9.17) is 0 Å². The summed E-state index contributed by atoms with van der Waals surface area (Å²) in [5.74, 6) is 0. The summed E-state index contributed by atoms with van der Waals surface area (Å²) in [6, 6.07) is 11.7. The molecule has 0 aliphatic rings. The van der Waals surface area contributed by atoms with E-state index in [1.807, 2.05) is 32.0 Å². The summed E-state index contributed by atoms with van der Waals surface area (Å²) in [4.78, 5) is 12.5. The van der Waals surface area contributed by atoms with Crippen LogP contribution in [0.5, 0.6) is 0 Å². The van der Waals surface area contributed by atoms with Crippen LogP contribution in [-0.2, 0) is 12.8 Å².